The van der Waals surface area contributed by atoms with Crippen LogP contribution in [0.3, 0.4) is 0 Å². The fraction of sp³-hybridized carbons (Fsp3) is 0.250. The molecule has 1 N–H and O–H groups in total. The van der Waals surface area contributed by atoms with Crippen molar-refractivity contribution in [2.24, 2.45) is 0 Å². The normalized spacial score (nSPS) is 16.3. The molecule has 1 fully saturated rings. The Morgan fingerprint density at radius 1 is 1.11 bits per heavy atom. The van der Waals surface area contributed by atoms with E-state index in [9.17, 15) is 22.8 Å². The van der Waals surface area contributed by atoms with Gasteiger partial charge in [-0.2, -0.15) is 18.2 Å². The summed E-state index contributed by atoms with van der Waals surface area (Å²) in [4.78, 5) is 30.7. The third-order valence-corrected chi connectivity index (χ3v) is 5.70. The average molecular weight is 500 g/mol. The number of rotatable bonds is 5. The maximum Gasteiger partial charge on any atom is 0.471 e. The van der Waals surface area contributed by atoms with E-state index in [1.165, 1.54) is 24.3 Å². The summed E-state index contributed by atoms with van der Waals surface area (Å²) < 4.78 is 53.4. The number of halogens is 3. The van der Waals surface area contributed by atoms with Crippen molar-refractivity contribution < 1.29 is 36.4 Å². The largest absolute Gasteiger partial charge is 0.471 e. The van der Waals surface area contributed by atoms with Crippen LogP contribution in [0.15, 0.2) is 63.5 Å². The number of aromatic nitrogens is 2. The van der Waals surface area contributed by atoms with Crippen LogP contribution in [-0.2, 0) is 10.9 Å². The first-order chi connectivity index (χ1) is 17.3. The number of hydrogen-bond donors (Lipinski definition) is 1. The molecular weight excluding hydrogens is 481 g/mol. The van der Waals surface area contributed by atoms with E-state index in [1.807, 2.05) is 18.2 Å². The lowest BCUT2D eigenvalue weighted by Crippen LogP contribution is -2.53. The molecule has 1 saturated heterocycles. The van der Waals surface area contributed by atoms with Gasteiger partial charge in [-0.05, 0) is 24.3 Å². The van der Waals surface area contributed by atoms with Crippen molar-refractivity contribution in [3.8, 4) is 11.4 Å². The van der Waals surface area contributed by atoms with Crippen LogP contribution >= 0.6 is 0 Å². The van der Waals surface area contributed by atoms with Gasteiger partial charge < -0.3 is 23.9 Å². The number of hydrogen-bond acceptors (Lipinski definition) is 7. The van der Waals surface area contributed by atoms with Crippen LogP contribution in [0.25, 0.3) is 22.4 Å². The number of carbonyl (C=O) groups excluding carboxylic acids is 2. The summed E-state index contributed by atoms with van der Waals surface area (Å²) in [6.45, 7) is 1.08. The molecule has 5 rings (SSSR count). The summed E-state index contributed by atoms with van der Waals surface area (Å²) >= 11 is 0. The van der Waals surface area contributed by atoms with Crippen molar-refractivity contribution in [3.05, 3.63) is 71.8 Å². The molecule has 4 aromatic rings. The Morgan fingerprint density at radius 3 is 2.61 bits per heavy atom. The number of alkyl halides is 3. The number of nitrogens with one attached hydrogen (secondary N) is 1. The minimum Gasteiger partial charge on any atom is -0.451 e. The highest BCUT2D eigenvalue weighted by atomic mass is 19.4. The van der Waals surface area contributed by atoms with Gasteiger partial charge in [0.15, 0.2) is 5.76 Å². The third-order valence-electron chi connectivity index (χ3n) is 5.70. The molecule has 1 aliphatic heterocycles. The Kier molecular flexibility index (Phi) is 6.18. The molecule has 0 saturated carbocycles. The summed E-state index contributed by atoms with van der Waals surface area (Å²) in [5.41, 5.74) is 1.14. The minimum atomic E-state index is -4.74. The number of morpholine rings is 1. The van der Waals surface area contributed by atoms with Gasteiger partial charge in [0, 0.05) is 29.6 Å². The molecule has 0 aliphatic carbocycles. The molecule has 0 spiro atoms. The monoisotopic (exact) mass is 500 g/mol. The quantitative estimate of drug-likeness (QED) is 0.444. The molecule has 9 nitrogen and oxygen atoms in total. The number of amides is 2. The summed E-state index contributed by atoms with van der Waals surface area (Å²) in [6, 6.07) is 14.3. The smallest absolute Gasteiger partial charge is 0.451 e. The van der Waals surface area contributed by atoms with Crippen LogP contribution in [0.4, 0.5) is 13.2 Å². The van der Waals surface area contributed by atoms with Gasteiger partial charge in [0.2, 0.25) is 5.82 Å². The molecule has 2 amide bonds. The molecule has 36 heavy (non-hydrogen) atoms. The van der Waals surface area contributed by atoms with Gasteiger partial charge in [-0.3, -0.25) is 9.59 Å². The summed E-state index contributed by atoms with van der Waals surface area (Å²) in [7, 11) is 0. The molecule has 1 atom stereocenters. The first-order valence-corrected chi connectivity index (χ1v) is 11.0. The van der Waals surface area contributed by atoms with Crippen molar-refractivity contribution in [2.45, 2.75) is 12.2 Å². The van der Waals surface area contributed by atoms with Gasteiger partial charge in [0.1, 0.15) is 5.58 Å². The topological polar surface area (TPSA) is 111 Å². The Hall–Kier alpha value is -4.19. The molecule has 3 heterocycles. The van der Waals surface area contributed by atoms with Crippen LogP contribution in [-0.4, -0.2) is 59.2 Å². The van der Waals surface area contributed by atoms with Crippen LogP contribution in [0.2, 0.25) is 0 Å². The average Bonchev–Trinajstić information content (AvgIpc) is 3.55. The van der Waals surface area contributed by atoms with E-state index in [2.05, 4.69) is 20.0 Å². The van der Waals surface area contributed by atoms with Crippen LogP contribution in [0.5, 0.6) is 0 Å². The fourth-order valence-electron chi connectivity index (χ4n) is 3.86. The molecular formula is C24H19F3N4O5. The van der Waals surface area contributed by atoms with Gasteiger partial charge in [-0.1, -0.05) is 35.5 Å². The van der Waals surface area contributed by atoms with Crippen LogP contribution < -0.4 is 5.32 Å². The number of furan rings is 1. The second kappa shape index (κ2) is 9.46. The van der Waals surface area contributed by atoms with E-state index in [-0.39, 0.29) is 41.8 Å². The summed E-state index contributed by atoms with van der Waals surface area (Å²) in [5.74, 6) is -2.20. The molecule has 0 bridgehead atoms. The predicted molar refractivity (Wildman–Crippen MR) is 119 cm³/mol. The lowest BCUT2D eigenvalue weighted by Gasteiger charge is -2.35. The zero-order valence-corrected chi connectivity index (χ0v) is 18.6. The molecule has 0 radical (unpaired) electrons. The van der Waals surface area contributed by atoms with Crippen molar-refractivity contribution in [1.29, 1.82) is 0 Å². The maximum absolute atomic E-state index is 13.1. The van der Waals surface area contributed by atoms with Crippen molar-refractivity contribution >= 4 is 22.8 Å². The van der Waals surface area contributed by atoms with E-state index >= 15 is 0 Å². The van der Waals surface area contributed by atoms with Crippen molar-refractivity contribution in [1.82, 2.24) is 20.4 Å². The first kappa shape index (κ1) is 23.5. The van der Waals surface area contributed by atoms with Crippen molar-refractivity contribution in [2.75, 3.05) is 26.3 Å². The summed E-state index contributed by atoms with van der Waals surface area (Å²) in [5, 5.41) is 6.91. The highest BCUT2D eigenvalue weighted by Crippen LogP contribution is 2.29. The predicted octanol–water partition coefficient (Wildman–Crippen LogP) is 3.77. The second-order valence-electron chi connectivity index (χ2n) is 8.08. The number of fused-ring (bicyclic) bond motifs is 1. The Morgan fingerprint density at radius 2 is 1.89 bits per heavy atom. The highest BCUT2D eigenvalue weighted by molar-refractivity contribution is 5.97. The molecule has 12 heteroatoms. The maximum atomic E-state index is 13.1. The van der Waals surface area contributed by atoms with Gasteiger partial charge in [0.25, 0.3) is 11.8 Å². The molecule has 0 unspecified atom stereocenters. The van der Waals surface area contributed by atoms with E-state index in [0.717, 1.165) is 5.39 Å². The number of nitrogens with zero attached hydrogens (tertiary/aromatic N) is 3. The van der Waals surface area contributed by atoms with Gasteiger partial charge in [-0.15, -0.1) is 0 Å². The van der Waals surface area contributed by atoms with Crippen LogP contribution in [0, 0.1) is 0 Å². The van der Waals surface area contributed by atoms with Crippen molar-refractivity contribution in [3.63, 3.8) is 0 Å². The zero-order valence-electron chi connectivity index (χ0n) is 18.6. The molecule has 1 aliphatic rings. The first-order valence-electron chi connectivity index (χ1n) is 11.0. The zero-order chi connectivity index (χ0) is 25.3. The number of ether oxygens (including phenoxy) is 1. The summed E-state index contributed by atoms with van der Waals surface area (Å²) in [6.07, 6.45) is -4.74. The number of benzene rings is 2. The minimum absolute atomic E-state index is 0.131. The molecule has 2 aromatic carbocycles. The van der Waals surface area contributed by atoms with E-state index in [1.54, 1.807) is 17.0 Å². The number of carbonyl (C=O) groups is 2. The Balaban J connectivity index is 1.23. The van der Waals surface area contributed by atoms with E-state index in [4.69, 9.17) is 9.15 Å². The molecule has 186 valence electrons. The SMILES string of the molecule is O=C(NC[C@H]1COCCN1C(=O)c1cc2ccccc2o1)c1ccc(-c2noc(C(F)(F)F)n2)cc1. The Labute approximate surface area is 201 Å². The lowest BCUT2D eigenvalue weighted by atomic mass is 10.1. The number of para-hydroxylation sites is 1. The Bertz CT molecular complexity index is 1360. The van der Waals surface area contributed by atoms with Gasteiger partial charge >= 0.3 is 12.1 Å². The molecule has 2 aromatic heterocycles. The van der Waals surface area contributed by atoms with Gasteiger partial charge in [0.05, 0.1) is 19.3 Å². The highest BCUT2D eigenvalue weighted by Gasteiger charge is 2.38. The van der Waals surface area contributed by atoms with E-state index < -0.39 is 24.0 Å². The lowest BCUT2D eigenvalue weighted by molar-refractivity contribution is -0.159. The third kappa shape index (κ3) is 4.80. The van der Waals surface area contributed by atoms with E-state index in [0.29, 0.717) is 18.7 Å². The standard InChI is InChI=1S/C24H19F3N4O5/c25-24(26,27)23-29-20(30-36-23)14-5-7-15(8-6-14)21(32)28-12-17-13-34-10-9-31(17)22(33)19-11-16-3-1-2-4-18(16)35-19/h1-8,11,17H,9-10,12-13H2,(H,28,32)/t17-/m0/s1. The fourth-order valence-corrected chi connectivity index (χ4v) is 3.86. The van der Waals surface area contributed by atoms with Gasteiger partial charge in [-0.25, -0.2) is 0 Å². The van der Waals surface area contributed by atoms with Crippen LogP contribution in [0.1, 0.15) is 26.8 Å². The second-order valence-corrected chi connectivity index (χ2v) is 8.08.